The first-order valence-corrected chi connectivity index (χ1v) is 11.6. The summed E-state index contributed by atoms with van der Waals surface area (Å²) in [7, 11) is 1.48. The molecule has 2 aliphatic heterocycles. The van der Waals surface area contributed by atoms with Gasteiger partial charge in [0.2, 0.25) is 6.79 Å². The molecule has 0 aliphatic carbocycles. The van der Waals surface area contributed by atoms with Gasteiger partial charge in [0.15, 0.2) is 11.5 Å². The van der Waals surface area contributed by atoms with Crippen LogP contribution in [0.3, 0.4) is 0 Å². The molecule has 1 fully saturated rings. The fourth-order valence-electron chi connectivity index (χ4n) is 4.35. The molecule has 36 heavy (non-hydrogen) atoms. The molecule has 1 atom stereocenters. The van der Waals surface area contributed by atoms with E-state index in [4.69, 9.17) is 30.5 Å². The molecule has 1 unspecified atom stereocenters. The van der Waals surface area contributed by atoms with Gasteiger partial charge in [0, 0.05) is 17.3 Å². The summed E-state index contributed by atoms with van der Waals surface area (Å²) in [5, 5.41) is 11.6. The Bertz CT molecular complexity index is 1400. The monoisotopic (exact) mass is 507 g/mol. The molecule has 0 bridgehead atoms. The Morgan fingerprint density at radius 2 is 1.86 bits per heavy atom. The number of ether oxygens (including phenoxy) is 4. The van der Waals surface area contributed by atoms with Crippen molar-refractivity contribution in [1.29, 1.82) is 0 Å². The first-order valence-electron chi connectivity index (χ1n) is 11.2. The van der Waals surface area contributed by atoms with Gasteiger partial charge in [-0.2, -0.15) is 0 Å². The van der Waals surface area contributed by atoms with E-state index in [0.29, 0.717) is 40.9 Å². The zero-order chi connectivity index (χ0) is 25.4. The molecule has 3 aromatic rings. The molecule has 3 aromatic carbocycles. The lowest BCUT2D eigenvalue weighted by Gasteiger charge is -2.26. The van der Waals surface area contributed by atoms with E-state index in [1.807, 2.05) is 6.92 Å². The maximum Gasteiger partial charge on any atom is 0.300 e. The minimum absolute atomic E-state index is 0.0613. The summed E-state index contributed by atoms with van der Waals surface area (Å²) in [4.78, 5) is 28.2. The molecule has 1 amide bonds. The molecule has 0 spiro atoms. The highest BCUT2D eigenvalue weighted by atomic mass is 35.5. The van der Waals surface area contributed by atoms with Crippen molar-refractivity contribution in [2.45, 2.75) is 13.0 Å². The van der Waals surface area contributed by atoms with Gasteiger partial charge in [-0.1, -0.05) is 23.7 Å². The van der Waals surface area contributed by atoms with Crippen LogP contribution in [-0.2, 0) is 9.59 Å². The van der Waals surface area contributed by atoms with Crippen molar-refractivity contribution in [3.63, 3.8) is 0 Å². The number of carbonyl (C=O) groups is 2. The van der Waals surface area contributed by atoms with Crippen molar-refractivity contribution in [1.82, 2.24) is 0 Å². The fraction of sp³-hybridized carbons (Fsp3) is 0.185. The number of nitrogens with zero attached hydrogens (tertiary/aromatic N) is 1. The molecule has 8 nitrogen and oxygen atoms in total. The third-order valence-corrected chi connectivity index (χ3v) is 6.32. The van der Waals surface area contributed by atoms with Crippen molar-refractivity contribution in [3.05, 3.63) is 82.4 Å². The van der Waals surface area contributed by atoms with E-state index in [9.17, 15) is 14.7 Å². The summed E-state index contributed by atoms with van der Waals surface area (Å²) < 4.78 is 21.8. The van der Waals surface area contributed by atoms with E-state index in [0.717, 1.165) is 0 Å². The van der Waals surface area contributed by atoms with Crippen LogP contribution in [0.4, 0.5) is 5.69 Å². The molecule has 0 aromatic heterocycles. The predicted molar refractivity (Wildman–Crippen MR) is 133 cm³/mol. The molecule has 2 aliphatic rings. The van der Waals surface area contributed by atoms with Crippen LogP contribution in [0.25, 0.3) is 5.76 Å². The fourth-order valence-corrected chi connectivity index (χ4v) is 4.56. The average Bonchev–Trinajstić information content (AvgIpc) is 3.46. The second-order valence-corrected chi connectivity index (χ2v) is 8.47. The zero-order valence-electron chi connectivity index (χ0n) is 19.5. The summed E-state index contributed by atoms with van der Waals surface area (Å²) in [6.07, 6.45) is 0. The van der Waals surface area contributed by atoms with Crippen LogP contribution in [0, 0.1) is 0 Å². The third kappa shape index (κ3) is 3.99. The molecule has 0 radical (unpaired) electrons. The van der Waals surface area contributed by atoms with Crippen molar-refractivity contribution in [2.75, 3.05) is 25.4 Å². The third-order valence-electron chi connectivity index (χ3n) is 5.99. The van der Waals surface area contributed by atoms with E-state index in [1.165, 1.54) is 18.1 Å². The predicted octanol–water partition coefficient (Wildman–Crippen LogP) is 5.10. The van der Waals surface area contributed by atoms with Gasteiger partial charge in [-0.25, -0.2) is 0 Å². The minimum atomic E-state index is -0.965. The highest BCUT2D eigenvalue weighted by Crippen LogP contribution is 2.46. The average molecular weight is 508 g/mol. The second kappa shape index (κ2) is 9.47. The first-order chi connectivity index (χ1) is 17.4. The first kappa shape index (κ1) is 23.6. The zero-order valence-corrected chi connectivity index (χ0v) is 20.2. The quantitative estimate of drug-likeness (QED) is 0.282. The smallest absolute Gasteiger partial charge is 0.300 e. The standard InChI is InChI=1S/C27H22ClNO7/c1-3-34-18-6-4-5-15(11-18)24-23(25(30)19-13-17(33-2)8-9-20(19)28)26(31)27(32)29(24)16-7-10-21-22(12-16)36-14-35-21/h4-13,24,30H,3,14H2,1-2H3/b25-23+. The van der Waals surface area contributed by atoms with Crippen molar-refractivity contribution >= 4 is 34.7 Å². The van der Waals surface area contributed by atoms with Crippen LogP contribution in [0.2, 0.25) is 5.02 Å². The number of hydrogen-bond acceptors (Lipinski definition) is 7. The van der Waals surface area contributed by atoms with Gasteiger partial charge in [0.05, 0.1) is 30.4 Å². The Balaban J connectivity index is 1.73. The van der Waals surface area contributed by atoms with E-state index >= 15 is 0 Å². The van der Waals surface area contributed by atoms with Crippen molar-refractivity contribution < 1.29 is 33.6 Å². The lowest BCUT2D eigenvalue weighted by molar-refractivity contribution is -0.132. The molecular weight excluding hydrogens is 486 g/mol. The Morgan fingerprint density at radius 3 is 2.64 bits per heavy atom. The summed E-state index contributed by atoms with van der Waals surface area (Å²) in [6, 6.07) is 15.7. The lowest BCUT2D eigenvalue weighted by Crippen LogP contribution is -2.29. The van der Waals surface area contributed by atoms with E-state index in [2.05, 4.69) is 0 Å². The molecule has 1 N–H and O–H groups in total. The van der Waals surface area contributed by atoms with Crippen LogP contribution < -0.4 is 23.8 Å². The number of aliphatic hydroxyl groups is 1. The van der Waals surface area contributed by atoms with E-state index in [1.54, 1.807) is 54.6 Å². The molecule has 1 saturated heterocycles. The number of amides is 1. The van der Waals surface area contributed by atoms with Gasteiger partial charge in [-0.3, -0.25) is 14.5 Å². The van der Waals surface area contributed by atoms with Crippen LogP contribution >= 0.6 is 11.6 Å². The number of Topliss-reactive ketones (excluding diaryl/α,β-unsaturated/α-hetero) is 1. The number of aliphatic hydroxyl groups excluding tert-OH is 1. The van der Waals surface area contributed by atoms with Gasteiger partial charge in [0.1, 0.15) is 17.3 Å². The number of methoxy groups -OCH3 is 1. The van der Waals surface area contributed by atoms with Crippen molar-refractivity contribution in [2.24, 2.45) is 0 Å². The molecule has 9 heteroatoms. The Kier molecular flexibility index (Phi) is 6.20. The summed E-state index contributed by atoms with van der Waals surface area (Å²) in [5.74, 6) is -0.0867. The van der Waals surface area contributed by atoms with Crippen molar-refractivity contribution in [3.8, 4) is 23.0 Å². The summed E-state index contributed by atoms with van der Waals surface area (Å²) >= 11 is 6.38. The maximum atomic E-state index is 13.4. The molecule has 5 rings (SSSR count). The van der Waals surface area contributed by atoms with E-state index in [-0.39, 0.29) is 23.0 Å². The van der Waals surface area contributed by atoms with Gasteiger partial charge in [0.25, 0.3) is 11.7 Å². The molecule has 0 saturated carbocycles. The second-order valence-electron chi connectivity index (χ2n) is 8.06. The maximum absolute atomic E-state index is 13.4. The largest absolute Gasteiger partial charge is 0.507 e. The highest BCUT2D eigenvalue weighted by Gasteiger charge is 2.47. The number of benzene rings is 3. The Hall–Kier alpha value is -4.17. The van der Waals surface area contributed by atoms with Gasteiger partial charge in [-0.15, -0.1) is 0 Å². The lowest BCUT2D eigenvalue weighted by atomic mass is 9.94. The summed E-state index contributed by atoms with van der Waals surface area (Å²) in [5.41, 5.74) is 1.04. The number of rotatable bonds is 6. The normalized spacial score (nSPS) is 18.0. The van der Waals surface area contributed by atoms with E-state index < -0.39 is 23.5 Å². The number of halogens is 1. The van der Waals surface area contributed by atoms with Crippen LogP contribution in [-0.4, -0.2) is 37.3 Å². The van der Waals surface area contributed by atoms with Gasteiger partial charge < -0.3 is 24.1 Å². The SMILES string of the molecule is CCOc1cccc(C2/C(=C(\O)c3cc(OC)ccc3Cl)C(=O)C(=O)N2c2ccc3c(c2)OCO3)c1. The molecule has 2 heterocycles. The Morgan fingerprint density at radius 1 is 1.06 bits per heavy atom. The van der Waals surface area contributed by atoms with Gasteiger partial charge >= 0.3 is 0 Å². The van der Waals surface area contributed by atoms with Crippen LogP contribution in [0.5, 0.6) is 23.0 Å². The minimum Gasteiger partial charge on any atom is -0.507 e. The number of hydrogen-bond donors (Lipinski definition) is 1. The summed E-state index contributed by atoms with van der Waals surface area (Å²) in [6.45, 7) is 2.35. The number of fused-ring (bicyclic) bond motifs is 1. The molecular formula is C27H22ClNO7. The van der Waals surface area contributed by atoms with Crippen LogP contribution in [0.15, 0.2) is 66.2 Å². The van der Waals surface area contributed by atoms with Gasteiger partial charge in [-0.05, 0) is 55.0 Å². The topological polar surface area (TPSA) is 94.5 Å². The number of anilines is 1. The number of ketones is 1. The highest BCUT2D eigenvalue weighted by molar-refractivity contribution is 6.52. The van der Waals surface area contributed by atoms with Crippen LogP contribution in [0.1, 0.15) is 24.1 Å². The molecule has 184 valence electrons. The number of carbonyl (C=O) groups excluding carboxylic acids is 2. The Labute approximate surface area is 212 Å².